The number of benzene rings is 1. The molecule has 0 bridgehead atoms. The fraction of sp³-hybridized carbons (Fsp3) is 0.286. The summed E-state index contributed by atoms with van der Waals surface area (Å²) in [5.74, 6) is 0.606. The average Bonchev–Trinajstić information content (AvgIpc) is 2.66. The topological polar surface area (TPSA) is 41.6 Å². The standard InChI is InChI=1S/C14H15BrN2O2S/c1-3-6-19-12-5-4-10(15)7-9(12)8-11-13(18)17(2)14(20)16-11/h4-5,7-8H,3,6H2,1-2H3,(H,16,20)/b11-8+. The molecule has 1 aliphatic heterocycles. The third-order valence-corrected chi connectivity index (χ3v) is 3.68. The quantitative estimate of drug-likeness (QED) is 0.666. The van der Waals surface area contributed by atoms with Crippen LogP contribution in [0.2, 0.25) is 0 Å². The lowest BCUT2D eigenvalue weighted by Gasteiger charge is -2.09. The summed E-state index contributed by atoms with van der Waals surface area (Å²) < 4.78 is 6.62. The van der Waals surface area contributed by atoms with E-state index in [-0.39, 0.29) is 5.91 Å². The first-order chi connectivity index (χ1) is 9.52. The number of hydrogen-bond acceptors (Lipinski definition) is 3. The molecule has 0 aliphatic carbocycles. The van der Waals surface area contributed by atoms with Crippen LogP contribution in [0.15, 0.2) is 28.4 Å². The fourth-order valence-electron chi connectivity index (χ4n) is 1.75. The molecule has 0 aromatic heterocycles. The van der Waals surface area contributed by atoms with E-state index in [1.54, 1.807) is 13.1 Å². The first kappa shape index (κ1) is 15.0. The number of hydrogen-bond donors (Lipinski definition) is 1. The number of rotatable bonds is 4. The maximum Gasteiger partial charge on any atom is 0.276 e. The second-order valence-electron chi connectivity index (χ2n) is 4.38. The molecule has 20 heavy (non-hydrogen) atoms. The number of likely N-dealkylation sites (N-methyl/N-ethyl adjacent to an activating group) is 1. The first-order valence-corrected chi connectivity index (χ1v) is 7.46. The third-order valence-electron chi connectivity index (χ3n) is 2.81. The normalized spacial score (nSPS) is 16.8. The first-order valence-electron chi connectivity index (χ1n) is 6.26. The van der Waals surface area contributed by atoms with Gasteiger partial charge in [-0.3, -0.25) is 9.69 Å². The molecule has 1 aromatic rings. The zero-order chi connectivity index (χ0) is 14.7. The molecule has 1 aromatic carbocycles. The molecule has 2 rings (SSSR count). The number of nitrogens with one attached hydrogen (secondary N) is 1. The summed E-state index contributed by atoms with van der Waals surface area (Å²) in [5, 5.41) is 3.31. The van der Waals surface area contributed by atoms with Gasteiger partial charge in [-0.05, 0) is 42.9 Å². The van der Waals surface area contributed by atoms with Gasteiger partial charge in [-0.25, -0.2) is 0 Å². The van der Waals surface area contributed by atoms with Gasteiger partial charge in [0.1, 0.15) is 11.4 Å². The zero-order valence-electron chi connectivity index (χ0n) is 11.3. The molecule has 1 amide bonds. The Labute approximate surface area is 131 Å². The van der Waals surface area contributed by atoms with Crippen LogP contribution >= 0.6 is 28.1 Å². The number of ether oxygens (including phenoxy) is 1. The number of carbonyl (C=O) groups is 1. The lowest BCUT2D eigenvalue weighted by Crippen LogP contribution is -2.25. The summed E-state index contributed by atoms with van der Waals surface area (Å²) >= 11 is 8.48. The Morgan fingerprint density at radius 2 is 2.25 bits per heavy atom. The molecular formula is C14H15BrN2O2S. The van der Waals surface area contributed by atoms with Gasteiger partial charge in [-0.15, -0.1) is 0 Å². The van der Waals surface area contributed by atoms with Gasteiger partial charge >= 0.3 is 0 Å². The Balaban J connectivity index is 2.34. The van der Waals surface area contributed by atoms with E-state index in [2.05, 4.69) is 21.2 Å². The molecule has 1 aliphatic rings. The van der Waals surface area contributed by atoms with E-state index in [0.717, 1.165) is 22.2 Å². The Morgan fingerprint density at radius 1 is 1.50 bits per heavy atom. The van der Waals surface area contributed by atoms with Crippen LogP contribution < -0.4 is 10.1 Å². The zero-order valence-corrected chi connectivity index (χ0v) is 13.7. The predicted octanol–water partition coefficient (Wildman–Crippen LogP) is 2.93. The van der Waals surface area contributed by atoms with E-state index in [4.69, 9.17) is 17.0 Å². The van der Waals surface area contributed by atoms with Crippen molar-refractivity contribution in [3.05, 3.63) is 33.9 Å². The molecular weight excluding hydrogens is 340 g/mol. The van der Waals surface area contributed by atoms with Crippen LogP contribution in [-0.4, -0.2) is 29.6 Å². The van der Waals surface area contributed by atoms with Gasteiger partial charge in [-0.2, -0.15) is 0 Å². The highest BCUT2D eigenvalue weighted by Crippen LogP contribution is 2.26. The maximum atomic E-state index is 12.0. The number of carbonyl (C=O) groups excluding carboxylic acids is 1. The van der Waals surface area contributed by atoms with Gasteiger partial charge in [0.15, 0.2) is 5.11 Å². The van der Waals surface area contributed by atoms with Gasteiger partial charge in [-0.1, -0.05) is 22.9 Å². The molecule has 1 N–H and O–H groups in total. The molecule has 4 nitrogen and oxygen atoms in total. The highest BCUT2D eigenvalue weighted by atomic mass is 79.9. The Kier molecular flexibility index (Phi) is 4.77. The van der Waals surface area contributed by atoms with Crippen LogP contribution in [0.3, 0.4) is 0 Å². The van der Waals surface area contributed by atoms with E-state index in [0.29, 0.717) is 17.4 Å². The van der Waals surface area contributed by atoms with Crippen molar-refractivity contribution in [1.82, 2.24) is 10.2 Å². The Morgan fingerprint density at radius 3 is 2.85 bits per heavy atom. The van der Waals surface area contributed by atoms with Crippen molar-refractivity contribution in [1.29, 1.82) is 0 Å². The number of nitrogens with zero attached hydrogens (tertiary/aromatic N) is 1. The highest BCUT2D eigenvalue weighted by Gasteiger charge is 2.27. The van der Waals surface area contributed by atoms with Crippen molar-refractivity contribution in [2.24, 2.45) is 0 Å². The monoisotopic (exact) mass is 354 g/mol. The second-order valence-corrected chi connectivity index (χ2v) is 5.69. The predicted molar refractivity (Wildman–Crippen MR) is 86.4 cm³/mol. The van der Waals surface area contributed by atoms with Crippen molar-refractivity contribution < 1.29 is 9.53 Å². The van der Waals surface area contributed by atoms with Crippen LogP contribution in [-0.2, 0) is 4.79 Å². The molecule has 106 valence electrons. The lowest BCUT2D eigenvalue weighted by molar-refractivity contribution is -0.121. The van der Waals surface area contributed by atoms with E-state index in [1.165, 1.54) is 4.90 Å². The summed E-state index contributed by atoms with van der Waals surface area (Å²) in [6.45, 7) is 2.68. The second kappa shape index (κ2) is 6.37. The maximum absolute atomic E-state index is 12.0. The molecule has 0 radical (unpaired) electrons. The third kappa shape index (κ3) is 3.19. The molecule has 6 heteroatoms. The van der Waals surface area contributed by atoms with Gasteiger partial charge in [0.05, 0.1) is 6.61 Å². The van der Waals surface area contributed by atoms with Crippen LogP contribution in [0.1, 0.15) is 18.9 Å². The molecule has 0 spiro atoms. The summed E-state index contributed by atoms with van der Waals surface area (Å²) in [6.07, 6.45) is 2.68. The van der Waals surface area contributed by atoms with E-state index in [9.17, 15) is 4.79 Å². The van der Waals surface area contributed by atoms with Crippen LogP contribution in [0.25, 0.3) is 6.08 Å². The van der Waals surface area contributed by atoms with Gasteiger partial charge in [0, 0.05) is 17.1 Å². The average molecular weight is 355 g/mol. The van der Waals surface area contributed by atoms with Crippen molar-refractivity contribution in [3.8, 4) is 5.75 Å². The molecule has 0 saturated carbocycles. The van der Waals surface area contributed by atoms with E-state index in [1.807, 2.05) is 25.1 Å². The smallest absolute Gasteiger partial charge is 0.276 e. The van der Waals surface area contributed by atoms with Crippen molar-refractivity contribution in [3.63, 3.8) is 0 Å². The van der Waals surface area contributed by atoms with Crippen LogP contribution in [0.5, 0.6) is 5.75 Å². The Bertz CT molecular complexity index is 587. The minimum atomic E-state index is -0.142. The highest BCUT2D eigenvalue weighted by molar-refractivity contribution is 9.10. The fourth-order valence-corrected chi connectivity index (χ4v) is 2.33. The molecule has 1 fully saturated rings. The number of thiocarbonyl (C=S) groups is 1. The van der Waals surface area contributed by atoms with Crippen molar-refractivity contribution >= 4 is 45.2 Å². The van der Waals surface area contributed by atoms with Gasteiger partial charge in [0.2, 0.25) is 0 Å². The minimum Gasteiger partial charge on any atom is -0.493 e. The Hall–Kier alpha value is -1.40. The van der Waals surface area contributed by atoms with Crippen molar-refractivity contribution in [2.75, 3.05) is 13.7 Å². The van der Waals surface area contributed by atoms with Crippen molar-refractivity contribution in [2.45, 2.75) is 13.3 Å². The molecule has 1 saturated heterocycles. The summed E-state index contributed by atoms with van der Waals surface area (Å²) in [6, 6.07) is 5.70. The van der Waals surface area contributed by atoms with E-state index >= 15 is 0 Å². The largest absolute Gasteiger partial charge is 0.493 e. The summed E-state index contributed by atoms with van der Waals surface area (Å²) in [4.78, 5) is 13.4. The number of halogens is 1. The molecule has 0 unspecified atom stereocenters. The minimum absolute atomic E-state index is 0.142. The summed E-state index contributed by atoms with van der Waals surface area (Å²) in [5.41, 5.74) is 1.29. The number of amides is 1. The molecule has 1 heterocycles. The van der Waals surface area contributed by atoms with E-state index < -0.39 is 0 Å². The lowest BCUT2D eigenvalue weighted by atomic mass is 10.1. The summed E-state index contributed by atoms with van der Waals surface area (Å²) in [7, 11) is 1.65. The molecule has 0 atom stereocenters. The van der Waals surface area contributed by atoms with Crippen LogP contribution in [0.4, 0.5) is 0 Å². The van der Waals surface area contributed by atoms with Gasteiger partial charge < -0.3 is 10.1 Å². The van der Waals surface area contributed by atoms with Crippen LogP contribution in [0, 0.1) is 0 Å². The van der Waals surface area contributed by atoms with Gasteiger partial charge in [0.25, 0.3) is 5.91 Å². The SMILES string of the molecule is CCCOc1ccc(Br)cc1/C=C1/NC(=S)N(C)C1=O.